The van der Waals surface area contributed by atoms with Gasteiger partial charge in [-0.05, 0) is 19.4 Å². The highest BCUT2D eigenvalue weighted by atomic mass is 16.4. The first-order valence-corrected chi connectivity index (χ1v) is 5.57. The number of carboxylic acids is 1. The van der Waals surface area contributed by atoms with E-state index in [0.717, 1.165) is 0 Å². The van der Waals surface area contributed by atoms with Crippen molar-refractivity contribution in [2.45, 2.75) is 25.9 Å². The van der Waals surface area contributed by atoms with Crippen LogP contribution in [0.3, 0.4) is 0 Å². The minimum absolute atomic E-state index is 0.177. The number of rotatable bonds is 7. The lowest BCUT2D eigenvalue weighted by molar-refractivity contribution is -0.139. The Morgan fingerprint density at radius 1 is 1.72 bits per heavy atom. The molecular weight excluding hydrogens is 236 g/mol. The van der Waals surface area contributed by atoms with Crippen LogP contribution in [-0.2, 0) is 4.79 Å². The van der Waals surface area contributed by atoms with E-state index in [0.29, 0.717) is 12.1 Å². The highest BCUT2D eigenvalue weighted by Gasteiger charge is 2.20. The molecule has 0 amide bonds. The summed E-state index contributed by atoms with van der Waals surface area (Å²) in [5.74, 6) is -0.987. The maximum atomic E-state index is 11.1. The van der Waals surface area contributed by atoms with Crippen LogP contribution >= 0.6 is 0 Å². The number of hydrogen-bond donors (Lipinski definition) is 2. The second kappa shape index (κ2) is 6.63. The smallest absolute Gasteiger partial charge is 0.325 e. The minimum Gasteiger partial charge on any atom is -0.480 e. The molecular formula is C10H16N6O2. The van der Waals surface area contributed by atoms with Crippen molar-refractivity contribution in [2.24, 2.45) is 5.11 Å². The van der Waals surface area contributed by atoms with Crippen molar-refractivity contribution in [3.63, 3.8) is 0 Å². The third kappa shape index (κ3) is 3.76. The summed E-state index contributed by atoms with van der Waals surface area (Å²) in [4.78, 5) is 13.7. The number of nitrogens with zero attached hydrogens (tertiary/aromatic N) is 5. The van der Waals surface area contributed by atoms with Crippen LogP contribution in [0.5, 0.6) is 0 Å². The van der Waals surface area contributed by atoms with Crippen molar-refractivity contribution in [3.8, 4) is 0 Å². The molecule has 1 heterocycles. The highest BCUT2D eigenvalue weighted by molar-refractivity contribution is 5.75. The molecule has 0 bridgehead atoms. The van der Waals surface area contributed by atoms with Crippen molar-refractivity contribution >= 4 is 5.97 Å². The zero-order valence-electron chi connectivity index (χ0n) is 10.3. The molecule has 8 nitrogen and oxygen atoms in total. The Balaban J connectivity index is 2.71. The number of carbonyl (C=O) groups is 1. The van der Waals surface area contributed by atoms with Gasteiger partial charge in [-0.3, -0.25) is 9.48 Å². The molecule has 0 radical (unpaired) electrons. The summed E-state index contributed by atoms with van der Waals surface area (Å²) >= 11 is 0. The van der Waals surface area contributed by atoms with Gasteiger partial charge in [-0.1, -0.05) is 5.11 Å². The minimum atomic E-state index is -0.987. The SMILES string of the molecule is CC(C)n1cc(C(NCCN=[N+]=[N-])C(=O)O)cn1. The fourth-order valence-corrected chi connectivity index (χ4v) is 1.44. The molecule has 0 fully saturated rings. The van der Waals surface area contributed by atoms with Gasteiger partial charge in [0, 0.05) is 35.8 Å². The van der Waals surface area contributed by atoms with Crippen molar-refractivity contribution in [2.75, 3.05) is 13.1 Å². The summed E-state index contributed by atoms with van der Waals surface area (Å²) in [5.41, 5.74) is 8.70. The summed E-state index contributed by atoms with van der Waals surface area (Å²) in [6.07, 6.45) is 3.23. The average Bonchev–Trinajstić information content (AvgIpc) is 2.77. The Kier molecular flexibility index (Phi) is 5.16. The second-order valence-corrected chi connectivity index (χ2v) is 4.03. The van der Waals surface area contributed by atoms with Crippen LogP contribution in [0.15, 0.2) is 17.5 Å². The molecule has 1 atom stereocenters. The van der Waals surface area contributed by atoms with Gasteiger partial charge < -0.3 is 10.4 Å². The van der Waals surface area contributed by atoms with Gasteiger partial charge >= 0.3 is 5.97 Å². The quantitative estimate of drug-likeness (QED) is 0.331. The maximum Gasteiger partial charge on any atom is 0.325 e. The normalized spacial score (nSPS) is 12.2. The van der Waals surface area contributed by atoms with Crippen LogP contribution < -0.4 is 5.32 Å². The third-order valence-corrected chi connectivity index (χ3v) is 2.35. The van der Waals surface area contributed by atoms with E-state index in [1.54, 1.807) is 10.9 Å². The number of azide groups is 1. The lowest BCUT2D eigenvalue weighted by atomic mass is 10.1. The molecule has 0 saturated heterocycles. The van der Waals surface area contributed by atoms with E-state index in [1.807, 2.05) is 13.8 Å². The number of nitrogens with one attached hydrogen (secondary N) is 1. The van der Waals surface area contributed by atoms with Gasteiger partial charge in [0.05, 0.1) is 6.20 Å². The summed E-state index contributed by atoms with van der Waals surface area (Å²) in [6.45, 7) is 4.43. The van der Waals surface area contributed by atoms with Crippen molar-refractivity contribution < 1.29 is 9.90 Å². The maximum absolute atomic E-state index is 11.1. The Morgan fingerprint density at radius 3 is 2.94 bits per heavy atom. The first-order valence-electron chi connectivity index (χ1n) is 5.57. The van der Waals surface area contributed by atoms with E-state index >= 15 is 0 Å². The van der Waals surface area contributed by atoms with Gasteiger partial charge in [0.2, 0.25) is 0 Å². The Labute approximate surface area is 104 Å². The first-order chi connectivity index (χ1) is 8.56. The predicted octanol–water partition coefficient (Wildman–Crippen LogP) is 1.49. The zero-order chi connectivity index (χ0) is 13.5. The standard InChI is InChI=1S/C10H16N6O2/c1-7(2)16-6-8(5-14-16)9(10(17)18)12-3-4-13-15-11/h5-7,9,12H,3-4H2,1-2H3,(H,17,18). The largest absolute Gasteiger partial charge is 0.480 e. The van der Waals surface area contributed by atoms with E-state index in [9.17, 15) is 4.79 Å². The van der Waals surface area contributed by atoms with Crippen LogP contribution in [0.1, 0.15) is 31.5 Å². The van der Waals surface area contributed by atoms with Crippen molar-refractivity contribution in [3.05, 3.63) is 28.4 Å². The third-order valence-electron chi connectivity index (χ3n) is 2.35. The van der Waals surface area contributed by atoms with Gasteiger partial charge in [0.15, 0.2) is 0 Å². The first kappa shape index (κ1) is 14.0. The molecule has 0 aromatic carbocycles. The monoisotopic (exact) mass is 252 g/mol. The van der Waals surface area contributed by atoms with Gasteiger partial charge in [0.1, 0.15) is 6.04 Å². The summed E-state index contributed by atoms with van der Waals surface area (Å²) in [7, 11) is 0. The van der Waals surface area contributed by atoms with E-state index in [1.165, 1.54) is 6.20 Å². The van der Waals surface area contributed by atoms with Crippen LogP contribution in [-0.4, -0.2) is 33.9 Å². The van der Waals surface area contributed by atoms with Crippen LogP contribution in [0.25, 0.3) is 10.4 Å². The number of hydrogen-bond acceptors (Lipinski definition) is 4. The molecule has 2 N–H and O–H groups in total. The molecule has 1 aromatic rings. The van der Waals surface area contributed by atoms with E-state index in [4.69, 9.17) is 10.6 Å². The molecule has 1 aromatic heterocycles. The molecule has 1 rings (SSSR count). The zero-order valence-corrected chi connectivity index (χ0v) is 10.3. The fourth-order valence-electron chi connectivity index (χ4n) is 1.44. The molecule has 0 aliphatic rings. The van der Waals surface area contributed by atoms with Crippen molar-refractivity contribution in [1.82, 2.24) is 15.1 Å². The van der Waals surface area contributed by atoms with Crippen LogP contribution in [0.2, 0.25) is 0 Å². The lowest BCUT2D eigenvalue weighted by Gasteiger charge is -2.11. The Bertz CT molecular complexity index is 449. The van der Waals surface area contributed by atoms with Gasteiger partial charge in [0.25, 0.3) is 0 Å². The number of carboxylic acid groups (broad SMARTS) is 1. The van der Waals surface area contributed by atoms with Gasteiger partial charge in [-0.25, -0.2) is 0 Å². The summed E-state index contributed by atoms with van der Waals surface area (Å²) in [6, 6.07) is -0.664. The van der Waals surface area contributed by atoms with Crippen LogP contribution in [0.4, 0.5) is 0 Å². The molecule has 0 saturated carbocycles. The average molecular weight is 252 g/mol. The van der Waals surface area contributed by atoms with E-state index in [2.05, 4.69) is 20.4 Å². The molecule has 98 valence electrons. The molecule has 8 heteroatoms. The summed E-state index contributed by atoms with van der Waals surface area (Å²) in [5, 5.41) is 19.4. The molecule has 1 unspecified atom stereocenters. The van der Waals surface area contributed by atoms with E-state index < -0.39 is 12.0 Å². The molecule has 0 aliphatic heterocycles. The molecule has 18 heavy (non-hydrogen) atoms. The molecule has 0 aliphatic carbocycles. The van der Waals surface area contributed by atoms with Crippen molar-refractivity contribution in [1.29, 1.82) is 0 Å². The lowest BCUT2D eigenvalue weighted by Crippen LogP contribution is -2.30. The molecule has 0 spiro atoms. The summed E-state index contributed by atoms with van der Waals surface area (Å²) < 4.78 is 1.69. The van der Waals surface area contributed by atoms with Gasteiger partial charge in [-0.15, -0.1) is 0 Å². The highest BCUT2D eigenvalue weighted by Crippen LogP contribution is 2.14. The number of aromatic nitrogens is 2. The topological polar surface area (TPSA) is 116 Å². The Morgan fingerprint density at radius 2 is 2.44 bits per heavy atom. The second-order valence-electron chi connectivity index (χ2n) is 4.03. The predicted molar refractivity (Wildman–Crippen MR) is 65.0 cm³/mol. The van der Waals surface area contributed by atoms with E-state index in [-0.39, 0.29) is 12.6 Å². The number of aliphatic carboxylic acids is 1. The fraction of sp³-hybridized carbons (Fsp3) is 0.600. The van der Waals surface area contributed by atoms with Crippen LogP contribution in [0, 0.1) is 0 Å². The Hall–Kier alpha value is -2.05. The van der Waals surface area contributed by atoms with Gasteiger partial charge in [-0.2, -0.15) is 5.10 Å².